The van der Waals surface area contributed by atoms with E-state index in [2.05, 4.69) is 25.3 Å². The highest BCUT2D eigenvalue weighted by molar-refractivity contribution is 7.89. The molecule has 31 heavy (non-hydrogen) atoms. The van der Waals surface area contributed by atoms with Crippen LogP contribution in [0.3, 0.4) is 0 Å². The van der Waals surface area contributed by atoms with Crippen LogP contribution >= 0.6 is 0 Å². The third kappa shape index (κ3) is 5.83. The van der Waals surface area contributed by atoms with Crippen LogP contribution in [0.4, 0.5) is 11.8 Å². The summed E-state index contributed by atoms with van der Waals surface area (Å²) >= 11 is 0. The second-order valence-electron chi connectivity index (χ2n) is 7.61. The lowest BCUT2D eigenvalue weighted by atomic mass is 9.95. The maximum atomic E-state index is 12.8. The molecule has 0 spiro atoms. The number of benzene rings is 1. The van der Waals surface area contributed by atoms with Gasteiger partial charge in [-0.15, -0.1) is 0 Å². The minimum atomic E-state index is -3.24. The summed E-state index contributed by atoms with van der Waals surface area (Å²) in [6.07, 6.45) is 9.57. The van der Waals surface area contributed by atoms with Gasteiger partial charge in [-0.1, -0.05) is 30.3 Å². The van der Waals surface area contributed by atoms with E-state index in [0.29, 0.717) is 31.3 Å². The molecule has 1 fully saturated rings. The van der Waals surface area contributed by atoms with Gasteiger partial charge in [-0.2, -0.15) is 0 Å². The second kappa shape index (κ2) is 9.93. The summed E-state index contributed by atoms with van der Waals surface area (Å²) in [6.45, 7) is 1.03. The molecular formula is C22H26N6O2S. The normalized spacial score (nSPS) is 15.6. The van der Waals surface area contributed by atoms with Crippen LogP contribution in [0.2, 0.25) is 0 Å². The van der Waals surface area contributed by atoms with Gasteiger partial charge >= 0.3 is 0 Å². The third-order valence-electron chi connectivity index (χ3n) is 5.43. The van der Waals surface area contributed by atoms with Crippen molar-refractivity contribution in [2.75, 3.05) is 24.2 Å². The first-order chi connectivity index (χ1) is 15.1. The molecular weight excluding hydrogens is 412 g/mol. The van der Waals surface area contributed by atoms with Crippen molar-refractivity contribution in [3.63, 3.8) is 0 Å². The lowest BCUT2D eigenvalue weighted by molar-refractivity contribution is 0.316. The molecule has 0 atom stereocenters. The summed E-state index contributed by atoms with van der Waals surface area (Å²) in [5.41, 5.74) is 2.03. The second-order valence-corrected chi connectivity index (χ2v) is 9.69. The number of aromatic nitrogens is 4. The Morgan fingerprint density at radius 3 is 2.48 bits per heavy atom. The fourth-order valence-electron chi connectivity index (χ4n) is 3.78. The van der Waals surface area contributed by atoms with Gasteiger partial charge in [0.25, 0.3) is 0 Å². The van der Waals surface area contributed by atoms with Crippen molar-refractivity contribution in [3.05, 3.63) is 72.4 Å². The Kier molecular flexibility index (Phi) is 6.83. The van der Waals surface area contributed by atoms with Crippen LogP contribution in [0.1, 0.15) is 36.4 Å². The lowest BCUT2D eigenvalue weighted by Gasteiger charge is -2.31. The molecule has 0 saturated carbocycles. The Morgan fingerprint density at radius 1 is 1.00 bits per heavy atom. The summed E-state index contributed by atoms with van der Waals surface area (Å²) < 4.78 is 27.1. The van der Waals surface area contributed by atoms with Gasteiger partial charge in [-0.3, -0.25) is 4.98 Å². The van der Waals surface area contributed by atoms with Gasteiger partial charge < -0.3 is 5.32 Å². The standard InChI is InChI=1S/C22H26N6O2S/c29-31(30,15-4-8-18-6-2-1-3-7-18)28-13-9-19(10-14-28)20-16-23-17-21(26-20)27-22-24-11-5-12-25-22/h1-3,5-7,11-12,16-17,19H,4,8-10,13-15H2,(H,24,25,26,27). The van der Waals surface area contributed by atoms with Gasteiger partial charge in [0.2, 0.25) is 16.0 Å². The molecule has 1 N–H and O–H groups in total. The molecule has 0 radical (unpaired) electrons. The average molecular weight is 439 g/mol. The van der Waals surface area contributed by atoms with Crippen molar-refractivity contribution in [3.8, 4) is 0 Å². The molecule has 0 aliphatic carbocycles. The van der Waals surface area contributed by atoms with E-state index in [1.165, 1.54) is 5.56 Å². The fourth-order valence-corrected chi connectivity index (χ4v) is 5.31. The predicted molar refractivity (Wildman–Crippen MR) is 119 cm³/mol. The van der Waals surface area contributed by atoms with Gasteiger partial charge in [-0.25, -0.2) is 27.7 Å². The Bertz CT molecular complexity index is 1070. The Balaban J connectivity index is 1.30. The summed E-state index contributed by atoms with van der Waals surface area (Å²) in [6, 6.07) is 11.7. The number of hydrogen-bond donors (Lipinski definition) is 1. The van der Waals surface area contributed by atoms with E-state index in [0.717, 1.165) is 25.0 Å². The van der Waals surface area contributed by atoms with Crippen LogP contribution in [0.25, 0.3) is 0 Å². The van der Waals surface area contributed by atoms with Crippen LogP contribution in [-0.2, 0) is 16.4 Å². The average Bonchev–Trinajstić information content (AvgIpc) is 2.81. The highest BCUT2D eigenvalue weighted by atomic mass is 32.2. The van der Waals surface area contributed by atoms with Gasteiger partial charge in [-0.05, 0) is 37.3 Å². The zero-order chi connectivity index (χ0) is 21.5. The molecule has 3 aromatic rings. The summed E-state index contributed by atoms with van der Waals surface area (Å²) in [4.78, 5) is 17.2. The minimum absolute atomic E-state index is 0.182. The quantitative estimate of drug-likeness (QED) is 0.576. The molecule has 1 aromatic carbocycles. The molecule has 1 aliphatic rings. The SMILES string of the molecule is O=S(=O)(CCCc1ccccc1)N1CCC(c2cncc(Nc3ncccn3)n2)CC1. The van der Waals surface area contributed by atoms with Crippen LogP contribution in [0.5, 0.6) is 0 Å². The number of hydrogen-bond acceptors (Lipinski definition) is 7. The molecule has 3 heterocycles. The van der Waals surface area contributed by atoms with Crippen LogP contribution < -0.4 is 5.32 Å². The van der Waals surface area contributed by atoms with E-state index in [-0.39, 0.29) is 11.7 Å². The summed E-state index contributed by atoms with van der Waals surface area (Å²) in [7, 11) is -3.24. The van der Waals surface area contributed by atoms with E-state index in [1.807, 2.05) is 30.3 Å². The summed E-state index contributed by atoms with van der Waals surface area (Å²) in [5, 5.41) is 3.05. The number of piperidine rings is 1. The van der Waals surface area contributed by atoms with Crippen molar-refractivity contribution in [1.29, 1.82) is 0 Å². The molecule has 8 nitrogen and oxygen atoms in total. The van der Waals surface area contributed by atoms with E-state index in [1.54, 1.807) is 35.2 Å². The molecule has 4 rings (SSSR count). The van der Waals surface area contributed by atoms with E-state index in [9.17, 15) is 8.42 Å². The Labute approximate surface area is 182 Å². The number of nitrogens with zero attached hydrogens (tertiary/aromatic N) is 5. The van der Waals surface area contributed by atoms with Gasteiger partial charge in [0.1, 0.15) is 0 Å². The first kappa shape index (κ1) is 21.3. The van der Waals surface area contributed by atoms with Crippen molar-refractivity contribution in [2.24, 2.45) is 0 Å². The smallest absolute Gasteiger partial charge is 0.228 e. The molecule has 1 saturated heterocycles. The van der Waals surface area contributed by atoms with E-state index in [4.69, 9.17) is 0 Å². The number of anilines is 2. The number of aryl methyl sites for hydroxylation is 1. The van der Waals surface area contributed by atoms with Gasteiger partial charge in [0.05, 0.1) is 17.6 Å². The molecule has 9 heteroatoms. The summed E-state index contributed by atoms with van der Waals surface area (Å²) in [5.74, 6) is 1.41. The number of sulfonamides is 1. The van der Waals surface area contributed by atoms with E-state index >= 15 is 0 Å². The fraction of sp³-hybridized carbons (Fsp3) is 0.364. The van der Waals surface area contributed by atoms with Crippen molar-refractivity contribution < 1.29 is 8.42 Å². The van der Waals surface area contributed by atoms with Crippen molar-refractivity contribution >= 4 is 21.8 Å². The Hall–Kier alpha value is -2.91. The van der Waals surface area contributed by atoms with Crippen LogP contribution in [-0.4, -0.2) is 51.5 Å². The monoisotopic (exact) mass is 438 g/mol. The number of nitrogens with one attached hydrogen (secondary N) is 1. The third-order valence-corrected chi connectivity index (χ3v) is 7.39. The molecule has 162 valence electrons. The Morgan fingerprint density at radius 2 is 1.74 bits per heavy atom. The van der Waals surface area contributed by atoms with Gasteiger partial charge in [0, 0.05) is 37.6 Å². The maximum Gasteiger partial charge on any atom is 0.228 e. The zero-order valence-corrected chi connectivity index (χ0v) is 18.1. The van der Waals surface area contributed by atoms with Crippen molar-refractivity contribution in [2.45, 2.75) is 31.6 Å². The van der Waals surface area contributed by atoms with Crippen LogP contribution in [0, 0.1) is 0 Å². The lowest BCUT2D eigenvalue weighted by Crippen LogP contribution is -2.39. The molecule has 0 amide bonds. The molecule has 2 aromatic heterocycles. The predicted octanol–water partition coefficient (Wildman–Crippen LogP) is 3.15. The minimum Gasteiger partial charge on any atom is -0.307 e. The first-order valence-corrected chi connectivity index (χ1v) is 12.1. The first-order valence-electron chi connectivity index (χ1n) is 10.5. The zero-order valence-electron chi connectivity index (χ0n) is 17.3. The highest BCUT2D eigenvalue weighted by Gasteiger charge is 2.29. The topological polar surface area (TPSA) is 101 Å². The highest BCUT2D eigenvalue weighted by Crippen LogP contribution is 2.28. The van der Waals surface area contributed by atoms with Gasteiger partial charge in [0.15, 0.2) is 5.82 Å². The maximum absolute atomic E-state index is 12.8. The number of rotatable bonds is 8. The van der Waals surface area contributed by atoms with Crippen molar-refractivity contribution in [1.82, 2.24) is 24.2 Å². The molecule has 1 aliphatic heterocycles. The largest absolute Gasteiger partial charge is 0.307 e. The van der Waals surface area contributed by atoms with E-state index < -0.39 is 10.0 Å². The van der Waals surface area contributed by atoms with Crippen LogP contribution in [0.15, 0.2) is 61.2 Å². The molecule has 0 unspecified atom stereocenters. The molecule has 0 bridgehead atoms.